The molecule has 0 radical (unpaired) electrons. The van der Waals surface area contributed by atoms with Crippen LogP contribution >= 0.6 is 0 Å². The van der Waals surface area contributed by atoms with Crippen LogP contribution < -0.4 is 5.32 Å². The lowest BCUT2D eigenvalue weighted by Gasteiger charge is -2.60. The van der Waals surface area contributed by atoms with E-state index in [-0.39, 0.29) is 0 Å². The molecule has 3 saturated carbocycles. The second kappa shape index (κ2) is 9.21. The molecule has 3 unspecified atom stereocenters. The van der Waals surface area contributed by atoms with Crippen LogP contribution in [0.4, 0.5) is 5.82 Å². The lowest BCUT2D eigenvalue weighted by molar-refractivity contribution is -0.0809. The van der Waals surface area contributed by atoms with Gasteiger partial charge in [-0.15, -0.1) is 0 Å². The van der Waals surface area contributed by atoms with E-state index in [2.05, 4.69) is 81.1 Å². The van der Waals surface area contributed by atoms with Gasteiger partial charge in [-0.3, -0.25) is 0 Å². The zero-order valence-corrected chi connectivity index (χ0v) is 23.5. The van der Waals surface area contributed by atoms with Gasteiger partial charge in [0.1, 0.15) is 5.82 Å². The summed E-state index contributed by atoms with van der Waals surface area (Å²) in [6, 6.07) is 11.2. The molecule has 1 aromatic carbocycles. The minimum absolute atomic E-state index is 0.350. The molecule has 4 aliphatic rings. The highest BCUT2D eigenvalue weighted by atomic mass is 15.3. The molecule has 0 amide bonds. The number of aromatic nitrogens is 2. The zero-order valence-electron chi connectivity index (χ0n) is 23.5. The lowest BCUT2D eigenvalue weighted by atomic mass is 9.46. The molecule has 3 aliphatic carbocycles. The molecule has 8 atom stereocenters. The molecule has 1 N–H and O–H groups in total. The van der Waals surface area contributed by atoms with E-state index in [0.29, 0.717) is 16.9 Å². The van der Waals surface area contributed by atoms with Crippen molar-refractivity contribution in [2.45, 2.75) is 105 Å². The van der Waals surface area contributed by atoms with E-state index < -0.39 is 0 Å². The molecule has 36 heavy (non-hydrogen) atoms. The number of anilines is 1. The molecule has 3 fully saturated rings. The standard InChI is InChI=1S/C33H49N3/c1-22(2)10-9-11-23(3)27-15-16-28-26-14-17-30-33(5,29(26)18-19-32(27,28)4)20-24-21-34-36(31(24)35-30)25-12-7-6-8-13-25/h6-8,12-13,21-23,26-30,35H,9-11,14-20H2,1-5H3/t23-,26-,27+,28?,29?,30?,32+,33+/m0/s1. The topological polar surface area (TPSA) is 29.9 Å². The summed E-state index contributed by atoms with van der Waals surface area (Å²) in [5.74, 6) is 6.65. The number of nitrogens with zero attached hydrogens (tertiary/aromatic N) is 2. The normalized spacial score (nSPS) is 38.0. The molecule has 0 bridgehead atoms. The van der Waals surface area contributed by atoms with Crippen molar-refractivity contribution in [1.29, 1.82) is 0 Å². The molecule has 3 heteroatoms. The third-order valence-electron chi connectivity index (χ3n) is 11.8. The molecule has 0 saturated heterocycles. The fourth-order valence-corrected chi connectivity index (χ4v) is 9.98. The van der Waals surface area contributed by atoms with E-state index in [1.54, 1.807) is 0 Å². The van der Waals surface area contributed by atoms with Crippen LogP contribution in [-0.4, -0.2) is 15.8 Å². The van der Waals surface area contributed by atoms with E-state index in [4.69, 9.17) is 5.10 Å². The van der Waals surface area contributed by atoms with Crippen LogP contribution in [0.2, 0.25) is 0 Å². The minimum Gasteiger partial charge on any atom is -0.366 e. The summed E-state index contributed by atoms with van der Waals surface area (Å²) in [6.45, 7) is 12.7. The second-order valence-corrected chi connectivity index (χ2v) is 14.1. The van der Waals surface area contributed by atoms with E-state index in [1.165, 1.54) is 75.6 Å². The first-order chi connectivity index (χ1) is 17.3. The summed E-state index contributed by atoms with van der Waals surface area (Å²) in [5, 5.41) is 8.89. The summed E-state index contributed by atoms with van der Waals surface area (Å²) >= 11 is 0. The van der Waals surface area contributed by atoms with Crippen molar-refractivity contribution in [3.05, 3.63) is 42.1 Å². The Morgan fingerprint density at radius 2 is 1.72 bits per heavy atom. The van der Waals surface area contributed by atoms with Crippen LogP contribution in [-0.2, 0) is 6.42 Å². The number of para-hydroxylation sites is 1. The zero-order chi connectivity index (χ0) is 25.1. The van der Waals surface area contributed by atoms with Gasteiger partial charge in [-0.05, 0) is 103 Å². The maximum absolute atomic E-state index is 4.84. The van der Waals surface area contributed by atoms with Crippen molar-refractivity contribution in [2.75, 3.05) is 5.32 Å². The smallest absolute Gasteiger partial charge is 0.133 e. The fraction of sp³-hybridized carbons (Fsp3) is 0.727. The predicted molar refractivity (Wildman–Crippen MR) is 150 cm³/mol. The van der Waals surface area contributed by atoms with Gasteiger partial charge >= 0.3 is 0 Å². The summed E-state index contributed by atoms with van der Waals surface area (Å²) in [4.78, 5) is 0. The van der Waals surface area contributed by atoms with Crippen molar-refractivity contribution in [2.24, 2.45) is 46.3 Å². The van der Waals surface area contributed by atoms with Crippen LogP contribution in [0.3, 0.4) is 0 Å². The Morgan fingerprint density at radius 3 is 2.50 bits per heavy atom. The fourth-order valence-electron chi connectivity index (χ4n) is 9.98. The Balaban J connectivity index is 1.21. The van der Waals surface area contributed by atoms with Crippen molar-refractivity contribution in [1.82, 2.24) is 9.78 Å². The molecule has 2 aromatic rings. The average molecular weight is 488 g/mol. The number of nitrogens with one attached hydrogen (secondary N) is 1. The van der Waals surface area contributed by atoms with Gasteiger partial charge in [0.25, 0.3) is 0 Å². The Morgan fingerprint density at radius 1 is 0.944 bits per heavy atom. The van der Waals surface area contributed by atoms with Gasteiger partial charge in [-0.1, -0.05) is 72.1 Å². The van der Waals surface area contributed by atoms with E-state index in [0.717, 1.165) is 41.2 Å². The molecule has 196 valence electrons. The maximum Gasteiger partial charge on any atom is 0.133 e. The van der Waals surface area contributed by atoms with Gasteiger partial charge < -0.3 is 5.32 Å². The van der Waals surface area contributed by atoms with Crippen molar-refractivity contribution in [3.63, 3.8) is 0 Å². The molecule has 0 spiro atoms. The summed E-state index contributed by atoms with van der Waals surface area (Å²) in [5.41, 5.74) is 3.52. The highest BCUT2D eigenvalue weighted by molar-refractivity contribution is 5.54. The first kappa shape index (κ1) is 24.6. The summed E-state index contributed by atoms with van der Waals surface area (Å²) < 4.78 is 2.14. The van der Waals surface area contributed by atoms with E-state index >= 15 is 0 Å². The second-order valence-electron chi connectivity index (χ2n) is 14.1. The van der Waals surface area contributed by atoms with Gasteiger partial charge in [0.15, 0.2) is 0 Å². The van der Waals surface area contributed by atoms with E-state index in [9.17, 15) is 0 Å². The molecule has 3 nitrogen and oxygen atoms in total. The predicted octanol–water partition coefficient (Wildman–Crippen LogP) is 8.53. The lowest BCUT2D eigenvalue weighted by Crippen LogP contribution is -2.58. The number of hydrogen-bond acceptors (Lipinski definition) is 2. The first-order valence-corrected chi connectivity index (χ1v) is 15.2. The Bertz CT molecular complexity index is 1060. The molecular formula is C33H49N3. The molecule has 1 aromatic heterocycles. The van der Waals surface area contributed by atoms with Crippen LogP contribution in [0.15, 0.2) is 36.5 Å². The van der Waals surface area contributed by atoms with Crippen molar-refractivity contribution in [3.8, 4) is 5.69 Å². The highest BCUT2D eigenvalue weighted by Crippen LogP contribution is 2.67. The largest absolute Gasteiger partial charge is 0.366 e. The van der Waals surface area contributed by atoms with Gasteiger partial charge in [-0.25, -0.2) is 4.68 Å². The maximum atomic E-state index is 4.84. The number of rotatable bonds is 6. The Kier molecular flexibility index (Phi) is 6.28. The monoisotopic (exact) mass is 487 g/mol. The molecule has 6 rings (SSSR count). The van der Waals surface area contributed by atoms with Crippen LogP contribution in [0, 0.1) is 46.3 Å². The first-order valence-electron chi connectivity index (χ1n) is 15.2. The van der Waals surface area contributed by atoms with Crippen LogP contribution in [0.1, 0.15) is 98.0 Å². The molecular weight excluding hydrogens is 438 g/mol. The quantitative estimate of drug-likeness (QED) is 0.442. The van der Waals surface area contributed by atoms with Gasteiger partial charge in [0.05, 0.1) is 11.9 Å². The highest BCUT2D eigenvalue weighted by Gasteiger charge is 2.60. The van der Waals surface area contributed by atoms with Gasteiger partial charge in [0.2, 0.25) is 0 Å². The van der Waals surface area contributed by atoms with Crippen molar-refractivity contribution >= 4 is 5.82 Å². The van der Waals surface area contributed by atoms with Crippen molar-refractivity contribution < 1.29 is 0 Å². The average Bonchev–Trinajstić information content (AvgIpc) is 3.42. The Hall–Kier alpha value is -1.77. The van der Waals surface area contributed by atoms with Crippen LogP contribution in [0.25, 0.3) is 5.69 Å². The van der Waals surface area contributed by atoms with Gasteiger partial charge in [0, 0.05) is 11.6 Å². The minimum atomic E-state index is 0.350. The molecule has 2 heterocycles. The summed E-state index contributed by atoms with van der Waals surface area (Å²) in [6.07, 6.45) is 16.2. The number of hydrogen-bond donors (Lipinski definition) is 1. The number of benzene rings is 1. The number of fused-ring (bicyclic) bond motifs is 6. The third kappa shape index (κ3) is 3.86. The van der Waals surface area contributed by atoms with E-state index in [1.807, 2.05) is 0 Å². The van der Waals surface area contributed by atoms with Gasteiger partial charge in [-0.2, -0.15) is 5.10 Å². The summed E-state index contributed by atoms with van der Waals surface area (Å²) in [7, 11) is 0. The molecule has 1 aliphatic heterocycles. The SMILES string of the molecule is CC(C)CCC[C@H](C)[C@H]1CCC2[C@@H]3CCC4Nc5c(cnn5-c5ccccc5)C[C@]4(C)C3CC[C@@]21C. The Labute approximate surface area is 219 Å². The third-order valence-corrected chi connectivity index (χ3v) is 11.8. The van der Waals surface area contributed by atoms with Crippen LogP contribution in [0.5, 0.6) is 0 Å².